The lowest BCUT2D eigenvalue weighted by molar-refractivity contribution is -0.131. The van der Waals surface area contributed by atoms with Gasteiger partial charge in [-0.3, -0.25) is 9.59 Å². The molecule has 0 atom stereocenters. The van der Waals surface area contributed by atoms with E-state index >= 15 is 0 Å². The summed E-state index contributed by atoms with van der Waals surface area (Å²) in [5, 5.41) is 6.78. The number of aromatic nitrogens is 1. The van der Waals surface area contributed by atoms with Gasteiger partial charge in [0.15, 0.2) is 0 Å². The van der Waals surface area contributed by atoms with E-state index in [0.29, 0.717) is 42.5 Å². The fourth-order valence-corrected chi connectivity index (χ4v) is 4.57. The molecule has 2 aliphatic rings. The number of carbonyl (C=O) groups is 2. The molecule has 8 nitrogen and oxygen atoms in total. The highest BCUT2D eigenvalue weighted by Crippen LogP contribution is 2.29. The molecule has 0 aliphatic carbocycles. The lowest BCUT2D eigenvalue weighted by atomic mass is 9.92. The number of hydrogen-bond acceptors (Lipinski definition) is 6. The number of likely N-dealkylation sites (tertiary alicyclic amines) is 1. The fraction of sp³-hybridized carbons (Fsp3) is 0.480. The second-order valence-electron chi connectivity index (χ2n) is 8.77. The van der Waals surface area contributed by atoms with E-state index in [4.69, 9.17) is 10.5 Å². The molecule has 0 bridgehead atoms. The summed E-state index contributed by atoms with van der Waals surface area (Å²) in [7, 11) is 0. The molecule has 33 heavy (non-hydrogen) atoms. The van der Waals surface area contributed by atoms with Crippen molar-refractivity contribution < 1.29 is 14.3 Å². The molecule has 0 unspecified atom stereocenters. The smallest absolute Gasteiger partial charge is 0.252 e. The maximum atomic E-state index is 12.0. The van der Waals surface area contributed by atoms with Crippen molar-refractivity contribution in [3.63, 3.8) is 0 Å². The SMILES string of the molecule is CCC(=O)N1CCC(Nc2cc(Nc3ccc(C4CCOCC4)cc3)ncc2C(N)=O)CC1. The number of anilines is 3. The minimum absolute atomic E-state index is 0.165. The van der Waals surface area contributed by atoms with E-state index in [1.165, 1.54) is 11.8 Å². The largest absolute Gasteiger partial charge is 0.381 e. The van der Waals surface area contributed by atoms with Crippen molar-refractivity contribution in [3.8, 4) is 0 Å². The number of benzene rings is 1. The molecule has 3 heterocycles. The summed E-state index contributed by atoms with van der Waals surface area (Å²) < 4.78 is 5.46. The minimum Gasteiger partial charge on any atom is -0.381 e. The van der Waals surface area contributed by atoms with Gasteiger partial charge in [-0.2, -0.15) is 0 Å². The van der Waals surface area contributed by atoms with Gasteiger partial charge in [0.1, 0.15) is 5.82 Å². The van der Waals surface area contributed by atoms with Gasteiger partial charge in [-0.25, -0.2) is 4.98 Å². The van der Waals surface area contributed by atoms with Gasteiger partial charge in [0, 0.05) is 56.7 Å². The number of pyridine rings is 1. The first kappa shape index (κ1) is 23.0. The number of hydrogen-bond donors (Lipinski definition) is 3. The number of carbonyl (C=O) groups excluding carboxylic acids is 2. The first-order valence-electron chi connectivity index (χ1n) is 11.8. The zero-order valence-corrected chi connectivity index (χ0v) is 19.2. The molecule has 0 spiro atoms. The van der Waals surface area contributed by atoms with Crippen LogP contribution in [0.4, 0.5) is 17.2 Å². The van der Waals surface area contributed by atoms with Gasteiger partial charge >= 0.3 is 0 Å². The molecular weight excluding hydrogens is 418 g/mol. The predicted molar refractivity (Wildman–Crippen MR) is 129 cm³/mol. The zero-order valence-electron chi connectivity index (χ0n) is 19.2. The molecule has 2 aromatic rings. The molecule has 4 N–H and O–H groups in total. The highest BCUT2D eigenvalue weighted by atomic mass is 16.5. The average Bonchev–Trinajstić information content (AvgIpc) is 2.85. The minimum atomic E-state index is -0.518. The van der Waals surface area contributed by atoms with Crippen LogP contribution in [0.5, 0.6) is 0 Å². The van der Waals surface area contributed by atoms with E-state index in [-0.39, 0.29) is 11.9 Å². The Hall–Kier alpha value is -3.13. The lowest BCUT2D eigenvalue weighted by Crippen LogP contribution is -2.42. The van der Waals surface area contributed by atoms with E-state index < -0.39 is 5.91 Å². The monoisotopic (exact) mass is 451 g/mol. The van der Waals surface area contributed by atoms with E-state index in [9.17, 15) is 9.59 Å². The Morgan fingerprint density at radius 2 is 1.82 bits per heavy atom. The van der Waals surface area contributed by atoms with Gasteiger partial charge in [-0.1, -0.05) is 19.1 Å². The van der Waals surface area contributed by atoms with Crippen LogP contribution in [-0.4, -0.2) is 54.0 Å². The quantitative estimate of drug-likeness (QED) is 0.593. The number of nitrogens with two attached hydrogens (primary N) is 1. The Morgan fingerprint density at radius 3 is 2.45 bits per heavy atom. The first-order chi connectivity index (χ1) is 16.0. The summed E-state index contributed by atoms with van der Waals surface area (Å²) in [6.45, 7) is 4.96. The normalized spacial score (nSPS) is 17.5. The van der Waals surface area contributed by atoms with Crippen LogP contribution in [0.15, 0.2) is 36.5 Å². The summed E-state index contributed by atoms with van der Waals surface area (Å²) in [6.07, 6.45) is 5.80. The number of nitrogens with one attached hydrogen (secondary N) is 2. The van der Waals surface area contributed by atoms with Crippen LogP contribution < -0.4 is 16.4 Å². The van der Waals surface area contributed by atoms with E-state index in [1.807, 2.05) is 17.9 Å². The Balaban J connectivity index is 1.43. The van der Waals surface area contributed by atoms with Crippen molar-refractivity contribution in [2.75, 3.05) is 36.9 Å². The summed E-state index contributed by atoms with van der Waals surface area (Å²) in [6, 6.07) is 10.4. The van der Waals surface area contributed by atoms with Gasteiger partial charge < -0.3 is 26.0 Å². The maximum absolute atomic E-state index is 12.0. The standard InChI is InChI=1S/C25H33N5O3/c1-2-24(31)30-11-7-20(8-12-30)28-22-15-23(27-16-21(22)25(26)32)29-19-5-3-17(4-6-19)18-9-13-33-14-10-18/h3-6,15-16,18,20H,2,7-14H2,1H3,(H2,26,32)(H2,27,28,29). The molecule has 1 aromatic carbocycles. The van der Waals surface area contributed by atoms with Gasteiger partial charge in [0.05, 0.1) is 11.3 Å². The third kappa shape index (κ3) is 5.82. The summed E-state index contributed by atoms with van der Waals surface area (Å²) in [4.78, 5) is 30.2. The van der Waals surface area contributed by atoms with Gasteiger partial charge in [0.25, 0.3) is 5.91 Å². The van der Waals surface area contributed by atoms with Crippen LogP contribution in [-0.2, 0) is 9.53 Å². The topological polar surface area (TPSA) is 110 Å². The predicted octanol–water partition coefficient (Wildman–Crippen LogP) is 3.63. The number of piperidine rings is 1. The molecule has 0 saturated carbocycles. The molecule has 1 aromatic heterocycles. The van der Waals surface area contributed by atoms with Crippen molar-refractivity contribution in [2.45, 2.75) is 51.0 Å². The molecule has 4 rings (SSSR count). The van der Waals surface area contributed by atoms with Crippen molar-refractivity contribution >= 4 is 29.0 Å². The number of primary amides is 1. The summed E-state index contributed by atoms with van der Waals surface area (Å²) in [5.41, 5.74) is 8.88. The molecular formula is C25H33N5O3. The van der Waals surface area contributed by atoms with Crippen LogP contribution in [0, 0.1) is 0 Å². The van der Waals surface area contributed by atoms with Crippen LogP contribution in [0.2, 0.25) is 0 Å². The number of nitrogens with zero attached hydrogens (tertiary/aromatic N) is 2. The van der Waals surface area contributed by atoms with Gasteiger partial charge in [-0.15, -0.1) is 0 Å². The Kier molecular flexibility index (Phi) is 7.44. The zero-order chi connectivity index (χ0) is 23.2. The molecule has 2 saturated heterocycles. The highest BCUT2D eigenvalue weighted by molar-refractivity contribution is 5.98. The second kappa shape index (κ2) is 10.7. The average molecular weight is 452 g/mol. The van der Waals surface area contributed by atoms with Crippen molar-refractivity contribution in [3.05, 3.63) is 47.7 Å². The summed E-state index contributed by atoms with van der Waals surface area (Å²) in [5.74, 6) is 0.857. The number of ether oxygens (including phenoxy) is 1. The first-order valence-corrected chi connectivity index (χ1v) is 11.8. The second-order valence-corrected chi connectivity index (χ2v) is 8.77. The van der Waals surface area contributed by atoms with Crippen LogP contribution in [0.25, 0.3) is 0 Å². The van der Waals surface area contributed by atoms with Crippen LogP contribution in [0.1, 0.15) is 60.9 Å². The third-order valence-electron chi connectivity index (χ3n) is 6.55. The van der Waals surface area contributed by atoms with Crippen molar-refractivity contribution in [1.29, 1.82) is 0 Å². The molecule has 0 radical (unpaired) electrons. The van der Waals surface area contributed by atoms with E-state index in [0.717, 1.165) is 44.6 Å². The molecule has 8 heteroatoms. The van der Waals surface area contributed by atoms with Gasteiger partial charge in [-0.05, 0) is 49.3 Å². The fourth-order valence-electron chi connectivity index (χ4n) is 4.57. The molecule has 176 valence electrons. The van der Waals surface area contributed by atoms with Gasteiger partial charge in [0.2, 0.25) is 5.91 Å². The van der Waals surface area contributed by atoms with Crippen LogP contribution >= 0.6 is 0 Å². The Labute approximate surface area is 194 Å². The Bertz CT molecular complexity index is 965. The highest BCUT2D eigenvalue weighted by Gasteiger charge is 2.23. The van der Waals surface area contributed by atoms with Crippen LogP contribution in [0.3, 0.4) is 0 Å². The number of amides is 2. The van der Waals surface area contributed by atoms with E-state index in [1.54, 1.807) is 0 Å². The maximum Gasteiger partial charge on any atom is 0.252 e. The van der Waals surface area contributed by atoms with Crippen molar-refractivity contribution in [1.82, 2.24) is 9.88 Å². The molecule has 2 amide bonds. The lowest BCUT2D eigenvalue weighted by Gasteiger charge is -2.33. The molecule has 2 fully saturated rings. The van der Waals surface area contributed by atoms with E-state index in [2.05, 4.69) is 39.9 Å². The Morgan fingerprint density at radius 1 is 1.12 bits per heavy atom. The molecule has 2 aliphatic heterocycles. The summed E-state index contributed by atoms with van der Waals surface area (Å²) >= 11 is 0. The number of rotatable bonds is 7. The van der Waals surface area contributed by atoms with Crippen molar-refractivity contribution in [2.24, 2.45) is 5.73 Å². The third-order valence-corrected chi connectivity index (χ3v) is 6.55.